The Bertz CT molecular complexity index is 987. The molecular weight excluding hydrogens is 292 g/mol. The van der Waals surface area contributed by atoms with Gasteiger partial charge in [0.05, 0.1) is 11.3 Å². The van der Waals surface area contributed by atoms with Gasteiger partial charge in [0.15, 0.2) is 0 Å². The first-order valence-electron chi connectivity index (χ1n) is 7.05. The van der Waals surface area contributed by atoms with Crippen molar-refractivity contribution in [2.45, 2.75) is 6.92 Å². The average molecular weight is 306 g/mol. The molecule has 0 saturated carbocycles. The highest BCUT2D eigenvalue weighted by atomic mass is 16.4. The predicted molar refractivity (Wildman–Crippen MR) is 88.5 cm³/mol. The molecule has 0 aliphatic carbocycles. The number of hydrogen-bond acceptors (Lipinski definition) is 3. The van der Waals surface area contributed by atoms with Gasteiger partial charge in [-0.05, 0) is 36.3 Å². The normalized spacial score (nSPS) is 11.2. The number of aromatic nitrogens is 2. The molecule has 1 N–H and O–H groups in total. The number of nitrogens with zero attached hydrogens (tertiary/aromatic N) is 2. The monoisotopic (exact) mass is 306 g/mol. The molecule has 0 amide bonds. The van der Waals surface area contributed by atoms with Crippen LogP contribution in [-0.4, -0.2) is 20.5 Å². The lowest BCUT2D eigenvalue weighted by Crippen LogP contribution is -2.15. The maximum atomic E-state index is 12.1. The van der Waals surface area contributed by atoms with E-state index in [0.717, 1.165) is 11.1 Å². The van der Waals surface area contributed by atoms with Crippen molar-refractivity contribution in [1.82, 2.24) is 9.38 Å². The van der Waals surface area contributed by atoms with Gasteiger partial charge in [-0.1, -0.05) is 30.3 Å². The number of carboxylic acid groups (broad SMARTS) is 1. The summed E-state index contributed by atoms with van der Waals surface area (Å²) in [5.41, 5.74) is 2.85. The Hall–Kier alpha value is -3.21. The van der Waals surface area contributed by atoms with E-state index >= 15 is 0 Å². The first kappa shape index (κ1) is 14.7. The number of aryl methyl sites for hydroxylation is 1. The van der Waals surface area contributed by atoms with Crippen LogP contribution in [0.5, 0.6) is 0 Å². The second-order valence-corrected chi connectivity index (χ2v) is 5.16. The van der Waals surface area contributed by atoms with Crippen LogP contribution in [0.1, 0.15) is 27.2 Å². The molecule has 0 radical (unpaired) electrons. The summed E-state index contributed by atoms with van der Waals surface area (Å²) in [5.74, 6) is -1.08. The Labute approximate surface area is 132 Å². The zero-order valence-corrected chi connectivity index (χ0v) is 12.4. The highest BCUT2D eigenvalue weighted by molar-refractivity contribution is 5.87. The molecule has 2 heterocycles. The molecule has 1 aromatic carbocycles. The van der Waals surface area contributed by atoms with Gasteiger partial charge in [-0.2, -0.15) is 0 Å². The number of rotatable bonds is 3. The molecule has 5 nitrogen and oxygen atoms in total. The van der Waals surface area contributed by atoms with Gasteiger partial charge >= 0.3 is 5.97 Å². The Kier molecular flexibility index (Phi) is 3.76. The summed E-state index contributed by atoms with van der Waals surface area (Å²) in [7, 11) is 0. The minimum atomic E-state index is -1.08. The Balaban J connectivity index is 2.03. The van der Waals surface area contributed by atoms with Gasteiger partial charge in [0.1, 0.15) is 5.65 Å². The molecule has 0 aliphatic rings. The minimum Gasteiger partial charge on any atom is -0.478 e. The second kappa shape index (κ2) is 5.88. The zero-order valence-electron chi connectivity index (χ0n) is 12.4. The SMILES string of the molecule is Cc1ccccc1/C=C/c1cc(=O)n2cc(C(=O)O)ccc2n1. The Morgan fingerprint density at radius 3 is 2.70 bits per heavy atom. The third kappa shape index (κ3) is 3.03. The summed E-state index contributed by atoms with van der Waals surface area (Å²) in [5, 5.41) is 8.98. The van der Waals surface area contributed by atoms with E-state index in [1.165, 1.54) is 28.8 Å². The van der Waals surface area contributed by atoms with Gasteiger partial charge < -0.3 is 5.11 Å². The highest BCUT2D eigenvalue weighted by Gasteiger charge is 2.06. The van der Waals surface area contributed by atoms with Crippen molar-refractivity contribution in [3.8, 4) is 0 Å². The highest BCUT2D eigenvalue weighted by Crippen LogP contribution is 2.11. The van der Waals surface area contributed by atoms with Crippen LogP contribution < -0.4 is 5.56 Å². The van der Waals surface area contributed by atoms with Gasteiger partial charge in [-0.3, -0.25) is 9.20 Å². The molecule has 0 unspecified atom stereocenters. The van der Waals surface area contributed by atoms with Crippen molar-refractivity contribution < 1.29 is 9.90 Å². The maximum Gasteiger partial charge on any atom is 0.337 e. The molecule has 0 aliphatic heterocycles. The van der Waals surface area contributed by atoms with Gasteiger partial charge in [-0.25, -0.2) is 9.78 Å². The quantitative estimate of drug-likeness (QED) is 0.807. The predicted octanol–water partition coefficient (Wildman–Crippen LogP) is 2.87. The summed E-state index contributed by atoms with van der Waals surface area (Å²) in [4.78, 5) is 27.5. The number of carbonyl (C=O) groups is 1. The molecule has 0 saturated heterocycles. The van der Waals surface area contributed by atoms with Crippen molar-refractivity contribution >= 4 is 23.8 Å². The largest absolute Gasteiger partial charge is 0.478 e. The van der Waals surface area contributed by atoms with E-state index in [9.17, 15) is 9.59 Å². The molecular formula is C18H14N2O3. The Morgan fingerprint density at radius 2 is 1.96 bits per heavy atom. The molecule has 114 valence electrons. The van der Waals surface area contributed by atoms with Crippen molar-refractivity contribution in [3.63, 3.8) is 0 Å². The van der Waals surface area contributed by atoms with Gasteiger partial charge in [0.2, 0.25) is 0 Å². The van der Waals surface area contributed by atoms with E-state index in [2.05, 4.69) is 4.98 Å². The number of carboxylic acids is 1. The van der Waals surface area contributed by atoms with Crippen LogP contribution >= 0.6 is 0 Å². The van der Waals surface area contributed by atoms with Crippen LogP contribution in [0, 0.1) is 6.92 Å². The van der Waals surface area contributed by atoms with Crippen LogP contribution in [0.15, 0.2) is 53.5 Å². The third-order valence-corrected chi connectivity index (χ3v) is 3.55. The number of hydrogen-bond donors (Lipinski definition) is 1. The average Bonchev–Trinajstić information content (AvgIpc) is 2.54. The standard InChI is InChI=1S/C18H14N2O3/c1-12-4-2-3-5-13(12)6-8-15-10-17(21)20-11-14(18(22)23)7-9-16(20)19-15/h2-11H,1H3,(H,22,23)/b8-6+. The smallest absolute Gasteiger partial charge is 0.337 e. The lowest BCUT2D eigenvalue weighted by Gasteiger charge is -2.03. The summed E-state index contributed by atoms with van der Waals surface area (Å²) >= 11 is 0. The van der Waals surface area contributed by atoms with Crippen LogP contribution in [0.3, 0.4) is 0 Å². The molecule has 0 spiro atoms. The van der Waals surface area contributed by atoms with Gasteiger partial charge in [0, 0.05) is 12.3 Å². The van der Waals surface area contributed by atoms with Crippen LogP contribution in [-0.2, 0) is 0 Å². The summed E-state index contributed by atoms with van der Waals surface area (Å²) in [6.07, 6.45) is 4.95. The first-order valence-corrected chi connectivity index (χ1v) is 7.05. The number of pyridine rings is 1. The summed E-state index contributed by atoms with van der Waals surface area (Å²) in [6.45, 7) is 2.01. The van der Waals surface area contributed by atoms with Crippen LogP contribution in [0.2, 0.25) is 0 Å². The molecule has 0 bridgehead atoms. The third-order valence-electron chi connectivity index (χ3n) is 3.55. The molecule has 3 rings (SSSR count). The molecule has 23 heavy (non-hydrogen) atoms. The van der Waals surface area contributed by atoms with E-state index in [1.807, 2.05) is 37.3 Å². The molecule has 3 aromatic rings. The molecule has 2 aromatic heterocycles. The van der Waals surface area contributed by atoms with E-state index in [1.54, 1.807) is 6.08 Å². The molecule has 0 atom stereocenters. The zero-order chi connectivity index (χ0) is 16.4. The topological polar surface area (TPSA) is 71.7 Å². The van der Waals surface area contributed by atoms with E-state index in [4.69, 9.17) is 5.11 Å². The van der Waals surface area contributed by atoms with E-state index in [-0.39, 0.29) is 11.1 Å². The fraction of sp³-hybridized carbons (Fsp3) is 0.0556. The van der Waals surface area contributed by atoms with Crippen molar-refractivity contribution in [1.29, 1.82) is 0 Å². The second-order valence-electron chi connectivity index (χ2n) is 5.16. The fourth-order valence-corrected chi connectivity index (χ4v) is 2.28. The van der Waals surface area contributed by atoms with Crippen LogP contribution in [0.25, 0.3) is 17.8 Å². The number of benzene rings is 1. The fourth-order valence-electron chi connectivity index (χ4n) is 2.28. The summed E-state index contributed by atoms with van der Waals surface area (Å²) in [6, 6.07) is 12.2. The van der Waals surface area contributed by atoms with E-state index in [0.29, 0.717) is 11.3 Å². The Morgan fingerprint density at radius 1 is 1.17 bits per heavy atom. The van der Waals surface area contributed by atoms with Gasteiger partial charge in [0.25, 0.3) is 5.56 Å². The van der Waals surface area contributed by atoms with E-state index < -0.39 is 5.97 Å². The number of fused-ring (bicyclic) bond motifs is 1. The van der Waals surface area contributed by atoms with Crippen molar-refractivity contribution in [2.24, 2.45) is 0 Å². The van der Waals surface area contributed by atoms with Gasteiger partial charge in [-0.15, -0.1) is 0 Å². The maximum absolute atomic E-state index is 12.1. The number of aromatic carboxylic acids is 1. The molecule has 0 fully saturated rings. The lowest BCUT2D eigenvalue weighted by molar-refractivity contribution is 0.0696. The lowest BCUT2D eigenvalue weighted by atomic mass is 10.1. The van der Waals surface area contributed by atoms with Crippen molar-refractivity contribution in [3.05, 3.63) is 81.4 Å². The molecule has 5 heteroatoms. The minimum absolute atomic E-state index is 0.0459. The van der Waals surface area contributed by atoms with Crippen molar-refractivity contribution in [2.75, 3.05) is 0 Å². The summed E-state index contributed by atoms with van der Waals surface area (Å²) < 4.78 is 1.23. The first-order chi connectivity index (χ1) is 11.0. The van der Waals surface area contributed by atoms with Crippen LogP contribution in [0.4, 0.5) is 0 Å².